The molecule has 0 aliphatic carbocycles. The zero-order valence-corrected chi connectivity index (χ0v) is 18.8. The molecule has 3 aromatic rings. The first kappa shape index (κ1) is 21.7. The molecule has 2 aromatic carbocycles. The molecule has 1 aromatic heterocycles. The molecule has 32 heavy (non-hydrogen) atoms. The lowest BCUT2D eigenvalue weighted by molar-refractivity contribution is 0.102. The van der Waals surface area contributed by atoms with Crippen LogP contribution < -0.4 is 19.5 Å². The van der Waals surface area contributed by atoms with Crippen LogP contribution in [-0.2, 0) is 13.0 Å². The van der Waals surface area contributed by atoms with E-state index in [4.69, 9.17) is 14.2 Å². The van der Waals surface area contributed by atoms with Crippen LogP contribution in [0.5, 0.6) is 17.2 Å². The van der Waals surface area contributed by atoms with Crippen LogP contribution in [0.2, 0.25) is 0 Å². The van der Waals surface area contributed by atoms with Crippen molar-refractivity contribution in [2.45, 2.75) is 40.2 Å². The topological polar surface area (TPSA) is 74.6 Å². The maximum atomic E-state index is 13.1. The minimum Gasteiger partial charge on any atom is -0.490 e. The van der Waals surface area contributed by atoms with Crippen molar-refractivity contribution in [1.82, 2.24) is 9.55 Å². The van der Waals surface area contributed by atoms with Crippen LogP contribution in [0.1, 0.15) is 43.4 Å². The summed E-state index contributed by atoms with van der Waals surface area (Å²) >= 11 is 0. The molecule has 0 atom stereocenters. The van der Waals surface area contributed by atoms with Crippen LogP contribution in [0.4, 0.5) is 5.69 Å². The molecule has 7 heteroatoms. The fourth-order valence-electron chi connectivity index (χ4n) is 3.97. The second-order valence-electron chi connectivity index (χ2n) is 7.45. The lowest BCUT2D eigenvalue weighted by Gasteiger charge is -2.17. The number of anilines is 1. The van der Waals surface area contributed by atoms with Gasteiger partial charge in [-0.2, -0.15) is 0 Å². The molecule has 1 N–H and O–H groups in total. The van der Waals surface area contributed by atoms with Gasteiger partial charge in [0, 0.05) is 29.8 Å². The van der Waals surface area contributed by atoms with E-state index in [0.29, 0.717) is 48.3 Å². The largest absolute Gasteiger partial charge is 0.490 e. The molecule has 7 nitrogen and oxygen atoms in total. The number of carbonyl (C=O) groups is 1. The Hall–Kier alpha value is -3.48. The number of fused-ring (bicyclic) bond motifs is 1. The quantitative estimate of drug-likeness (QED) is 0.515. The maximum absolute atomic E-state index is 13.1. The van der Waals surface area contributed by atoms with Gasteiger partial charge >= 0.3 is 0 Å². The number of amides is 1. The van der Waals surface area contributed by atoms with Crippen molar-refractivity contribution in [2.24, 2.45) is 0 Å². The second kappa shape index (κ2) is 9.77. The molecular formula is C25H29N3O4. The SMILES string of the molecule is CCOc1cc(C(=O)Nc2cccc(-c3cnc4n3CCC4)c2)cc(OCC)c1OCC. The summed E-state index contributed by atoms with van der Waals surface area (Å²) in [5, 5.41) is 3.00. The molecule has 0 spiro atoms. The zero-order chi connectivity index (χ0) is 22.5. The average Bonchev–Trinajstić information content (AvgIpc) is 3.40. The van der Waals surface area contributed by atoms with Crippen LogP contribution in [-0.4, -0.2) is 35.3 Å². The maximum Gasteiger partial charge on any atom is 0.255 e. The smallest absolute Gasteiger partial charge is 0.255 e. The van der Waals surface area contributed by atoms with Gasteiger partial charge in [-0.1, -0.05) is 12.1 Å². The number of aryl methyl sites for hydroxylation is 1. The van der Waals surface area contributed by atoms with Crippen LogP contribution in [0, 0.1) is 0 Å². The summed E-state index contributed by atoms with van der Waals surface area (Å²) < 4.78 is 19.4. The molecule has 4 rings (SSSR count). The van der Waals surface area contributed by atoms with Crippen molar-refractivity contribution in [3.63, 3.8) is 0 Å². The highest BCUT2D eigenvalue weighted by Crippen LogP contribution is 2.39. The van der Waals surface area contributed by atoms with Crippen LogP contribution in [0.3, 0.4) is 0 Å². The molecular weight excluding hydrogens is 406 g/mol. The van der Waals surface area contributed by atoms with Gasteiger partial charge in [0.25, 0.3) is 5.91 Å². The first-order valence-corrected chi connectivity index (χ1v) is 11.2. The Morgan fingerprint density at radius 2 is 1.75 bits per heavy atom. The number of benzene rings is 2. The highest BCUT2D eigenvalue weighted by molar-refractivity contribution is 6.05. The minimum absolute atomic E-state index is 0.245. The Morgan fingerprint density at radius 1 is 1.03 bits per heavy atom. The van der Waals surface area contributed by atoms with E-state index in [1.165, 1.54) is 0 Å². The van der Waals surface area contributed by atoms with Gasteiger partial charge in [-0.3, -0.25) is 4.79 Å². The predicted molar refractivity (Wildman–Crippen MR) is 124 cm³/mol. The number of nitrogens with zero attached hydrogens (tertiary/aromatic N) is 2. The molecule has 168 valence electrons. The molecule has 1 aliphatic rings. The number of nitrogens with one attached hydrogen (secondary N) is 1. The van der Waals surface area contributed by atoms with E-state index >= 15 is 0 Å². The Balaban J connectivity index is 1.61. The summed E-state index contributed by atoms with van der Waals surface area (Å²) in [6.07, 6.45) is 4.04. The third-order valence-electron chi connectivity index (χ3n) is 5.31. The third-order valence-corrected chi connectivity index (χ3v) is 5.31. The van der Waals surface area contributed by atoms with Gasteiger partial charge in [0.15, 0.2) is 11.5 Å². The molecule has 1 amide bonds. The number of hydrogen-bond donors (Lipinski definition) is 1. The number of rotatable bonds is 9. The zero-order valence-electron chi connectivity index (χ0n) is 18.8. The van der Waals surface area contributed by atoms with Crippen molar-refractivity contribution in [2.75, 3.05) is 25.1 Å². The molecule has 0 saturated heterocycles. The number of aromatic nitrogens is 2. The molecule has 0 saturated carbocycles. The van der Waals surface area contributed by atoms with Gasteiger partial charge in [0.2, 0.25) is 5.75 Å². The summed E-state index contributed by atoms with van der Waals surface area (Å²) in [4.78, 5) is 17.6. The highest BCUT2D eigenvalue weighted by Gasteiger charge is 2.20. The normalized spacial score (nSPS) is 12.3. The van der Waals surface area contributed by atoms with E-state index in [2.05, 4.69) is 14.9 Å². The van der Waals surface area contributed by atoms with Crippen LogP contribution >= 0.6 is 0 Å². The van der Waals surface area contributed by atoms with Crippen molar-refractivity contribution in [3.8, 4) is 28.5 Å². The van der Waals surface area contributed by atoms with E-state index in [9.17, 15) is 4.79 Å². The van der Waals surface area contributed by atoms with Gasteiger partial charge in [-0.05, 0) is 51.5 Å². The Morgan fingerprint density at radius 3 is 2.44 bits per heavy atom. The average molecular weight is 436 g/mol. The molecule has 0 fully saturated rings. The van der Waals surface area contributed by atoms with E-state index in [-0.39, 0.29) is 5.91 Å². The molecule has 0 bridgehead atoms. The number of carbonyl (C=O) groups excluding carboxylic acids is 1. The Kier molecular flexibility index (Phi) is 6.63. The predicted octanol–water partition coefficient (Wildman–Crippen LogP) is 4.94. The van der Waals surface area contributed by atoms with E-state index < -0.39 is 0 Å². The first-order valence-electron chi connectivity index (χ1n) is 11.2. The summed E-state index contributed by atoms with van der Waals surface area (Å²) in [7, 11) is 0. The van der Waals surface area contributed by atoms with E-state index in [1.54, 1.807) is 12.1 Å². The lowest BCUT2D eigenvalue weighted by atomic mass is 10.1. The minimum atomic E-state index is -0.245. The molecule has 0 radical (unpaired) electrons. The van der Waals surface area contributed by atoms with Gasteiger partial charge in [-0.25, -0.2) is 4.98 Å². The summed E-state index contributed by atoms with van der Waals surface area (Å²) in [6.45, 7) is 8.03. The molecule has 1 aliphatic heterocycles. The monoisotopic (exact) mass is 435 g/mol. The van der Waals surface area contributed by atoms with Gasteiger partial charge < -0.3 is 24.1 Å². The molecule has 0 unspecified atom stereocenters. The van der Waals surface area contributed by atoms with Gasteiger partial charge in [0.1, 0.15) is 5.82 Å². The van der Waals surface area contributed by atoms with Crippen molar-refractivity contribution in [3.05, 3.63) is 54.0 Å². The number of imidazole rings is 1. The third kappa shape index (κ3) is 4.42. The Bertz CT molecular complexity index is 1080. The summed E-state index contributed by atoms with van der Waals surface area (Å²) in [5.41, 5.74) is 3.26. The van der Waals surface area contributed by atoms with Crippen molar-refractivity contribution >= 4 is 11.6 Å². The number of hydrogen-bond acceptors (Lipinski definition) is 5. The van der Waals surface area contributed by atoms with E-state index in [0.717, 1.165) is 36.5 Å². The standard InChI is InChI=1S/C25H29N3O4/c1-4-30-21-14-18(15-22(31-5-2)24(21)32-6-3)25(29)27-19-10-7-9-17(13-19)20-16-26-23-11-8-12-28(20)23/h7,9-10,13-16H,4-6,8,11-12H2,1-3H3,(H,27,29). The highest BCUT2D eigenvalue weighted by atomic mass is 16.5. The second-order valence-corrected chi connectivity index (χ2v) is 7.45. The van der Waals surface area contributed by atoms with Crippen molar-refractivity contribution < 1.29 is 19.0 Å². The fraction of sp³-hybridized carbons (Fsp3) is 0.360. The van der Waals surface area contributed by atoms with Crippen LogP contribution in [0.25, 0.3) is 11.3 Å². The van der Waals surface area contributed by atoms with E-state index in [1.807, 2.05) is 51.2 Å². The Labute approximate surface area is 188 Å². The summed E-state index contributed by atoms with van der Waals surface area (Å²) in [5.74, 6) is 2.38. The molecule has 2 heterocycles. The lowest BCUT2D eigenvalue weighted by Crippen LogP contribution is -2.13. The summed E-state index contributed by atoms with van der Waals surface area (Å²) in [6, 6.07) is 11.2. The first-order chi connectivity index (χ1) is 15.6. The van der Waals surface area contributed by atoms with Crippen molar-refractivity contribution in [1.29, 1.82) is 0 Å². The van der Waals surface area contributed by atoms with Gasteiger partial charge in [0.05, 0.1) is 31.7 Å². The van der Waals surface area contributed by atoms with Gasteiger partial charge in [-0.15, -0.1) is 0 Å². The number of ether oxygens (including phenoxy) is 3. The van der Waals surface area contributed by atoms with Crippen LogP contribution in [0.15, 0.2) is 42.6 Å². The fourth-order valence-corrected chi connectivity index (χ4v) is 3.97.